The smallest absolute Gasteiger partial charge is 0.191 e. The Morgan fingerprint density at radius 2 is 1.92 bits per heavy atom. The number of hydrogen-bond acceptors (Lipinski definition) is 2. The van der Waals surface area contributed by atoms with E-state index >= 15 is 0 Å². The summed E-state index contributed by atoms with van der Waals surface area (Å²) in [5.74, 6) is 0.914. The van der Waals surface area contributed by atoms with Gasteiger partial charge in [0.25, 0.3) is 0 Å². The number of nitrogens with one attached hydrogen (secondary N) is 2. The molecule has 1 aromatic rings. The van der Waals surface area contributed by atoms with Crippen LogP contribution in [0.25, 0.3) is 0 Å². The van der Waals surface area contributed by atoms with Crippen LogP contribution in [0.2, 0.25) is 0 Å². The summed E-state index contributed by atoms with van der Waals surface area (Å²) < 4.78 is 1.19. The van der Waals surface area contributed by atoms with Gasteiger partial charge in [-0.15, -0.1) is 24.0 Å². The Morgan fingerprint density at radius 3 is 2.52 bits per heavy atom. The molecule has 2 aliphatic carbocycles. The van der Waals surface area contributed by atoms with E-state index in [4.69, 9.17) is 4.99 Å². The molecule has 2 fully saturated rings. The van der Waals surface area contributed by atoms with Gasteiger partial charge in [-0.25, -0.2) is 0 Å². The maximum Gasteiger partial charge on any atom is 0.191 e. The van der Waals surface area contributed by atoms with Gasteiger partial charge in [-0.1, -0.05) is 34.1 Å². The quantitative estimate of drug-likeness (QED) is 0.312. The molecule has 0 atom stereocenters. The molecule has 0 aliphatic heterocycles. The number of guanidine groups is 1. The summed E-state index contributed by atoms with van der Waals surface area (Å²) in [5.41, 5.74) is 1.58. The van der Waals surface area contributed by atoms with Crippen molar-refractivity contribution in [3.05, 3.63) is 34.3 Å². The average Bonchev–Trinajstić information content (AvgIpc) is 3.36. The van der Waals surface area contributed by atoms with Crippen molar-refractivity contribution in [2.24, 2.45) is 4.99 Å². The van der Waals surface area contributed by atoms with Gasteiger partial charge in [0.05, 0.1) is 12.6 Å². The lowest BCUT2D eigenvalue weighted by atomic mass is 9.93. The SMILES string of the molecule is CCNC(=NCC1(c2ccccc2Br)CC1)NC1CCC(O)CC1.I. The van der Waals surface area contributed by atoms with E-state index < -0.39 is 0 Å². The lowest BCUT2D eigenvalue weighted by Crippen LogP contribution is -2.45. The fourth-order valence-corrected chi connectivity index (χ4v) is 4.22. The molecule has 1 aromatic carbocycles. The van der Waals surface area contributed by atoms with Gasteiger partial charge in [0.1, 0.15) is 0 Å². The Labute approximate surface area is 176 Å². The van der Waals surface area contributed by atoms with Crippen LogP contribution in [0.15, 0.2) is 33.7 Å². The van der Waals surface area contributed by atoms with Crippen molar-refractivity contribution in [3.63, 3.8) is 0 Å². The predicted octanol–water partition coefficient (Wildman–Crippen LogP) is 3.96. The van der Waals surface area contributed by atoms with Crippen LogP contribution in [0.4, 0.5) is 0 Å². The van der Waals surface area contributed by atoms with Crippen LogP contribution < -0.4 is 10.6 Å². The van der Waals surface area contributed by atoms with Gasteiger partial charge in [0, 0.05) is 22.5 Å². The lowest BCUT2D eigenvalue weighted by Gasteiger charge is -2.28. The zero-order valence-electron chi connectivity index (χ0n) is 14.8. The molecule has 0 amide bonds. The lowest BCUT2D eigenvalue weighted by molar-refractivity contribution is 0.120. The third-order valence-corrected chi connectivity index (χ3v) is 5.91. The van der Waals surface area contributed by atoms with E-state index in [1.165, 1.54) is 22.9 Å². The molecule has 0 unspecified atom stereocenters. The van der Waals surface area contributed by atoms with Gasteiger partial charge in [0.15, 0.2) is 5.96 Å². The predicted molar refractivity (Wildman–Crippen MR) is 118 cm³/mol. The topological polar surface area (TPSA) is 56.7 Å². The minimum absolute atomic E-state index is 0. The average molecular weight is 522 g/mol. The molecule has 0 saturated heterocycles. The molecule has 2 saturated carbocycles. The van der Waals surface area contributed by atoms with Gasteiger partial charge in [-0.2, -0.15) is 0 Å². The summed E-state index contributed by atoms with van der Waals surface area (Å²) in [6, 6.07) is 8.94. The Kier molecular flexibility index (Phi) is 8.01. The number of benzene rings is 1. The molecule has 25 heavy (non-hydrogen) atoms. The van der Waals surface area contributed by atoms with Gasteiger partial charge in [0.2, 0.25) is 0 Å². The largest absolute Gasteiger partial charge is 0.393 e. The van der Waals surface area contributed by atoms with E-state index in [9.17, 15) is 5.11 Å². The second kappa shape index (κ2) is 9.55. The zero-order valence-corrected chi connectivity index (χ0v) is 18.7. The van der Waals surface area contributed by atoms with Crippen LogP contribution in [0, 0.1) is 0 Å². The van der Waals surface area contributed by atoms with Gasteiger partial charge < -0.3 is 15.7 Å². The number of nitrogens with zero attached hydrogens (tertiary/aromatic N) is 1. The molecular formula is C19H29BrIN3O. The van der Waals surface area contributed by atoms with Crippen molar-refractivity contribution in [3.8, 4) is 0 Å². The number of hydrogen-bond donors (Lipinski definition) is 3. The van der Waals surface area contributed by atoms with Crippen molar-refractivity contribution >= 4 is 45.9 Å². The highest BCUT2D eigenvalue weighted by Gasteiger charge is 2.45. The van der Waals surface area contributed by atoms with Gasteiger partial charge >= 0.3 is 0 Å². The molecule has 140 valence electrons. The first-order valence-corrected chi connectivity index (χ1v) is 9.90. The first-order chi connectivity index (χ1) is 11.6. The highest BCUT2D eigenvalue weighted by atomic mass is 127. The molecule has 0 aromatic heterocycles. The molecule has 0 heterocycles. The third kappa shape index (κ3) is 5.57. The van der Waals surface area contributed by atoms with Crippen LogP contribution in [0.5, 0.6) is 0 Å². The van der Waals surface area contributed by atoms with E-state index in [2.05, 4.69) is 57.8 Å². The second-order valence-corrected chi connectivity index (χ2v) is 7.96. The van der Waals surface area contributed by atoms with Crippen molar-refractivity contribution in [1.29, 1.82) is 0 Å². The summed E-state index contributed by atoms with van der Waals surface area (Å²) in [4.78, 5) is 4.89. The van der Waals surface area contributed by atoms with Crippen LogP contribution in [0.1, 0.15) is 51.0 Å². The minimum atomic E-state index is -0.118. The molecule has 0 radical (unpaired) electrons. The molecular weight excluding hydrogens is 493 g/mol. The normalized spacial score (nSPS) is 25.0. The zero-order chi connectivity index (χ0) is 17.0. The van der Waals surface area contributed by atoms with Crippen molar-refractivity contribution in [1.82, 2.24) is 10.6 Å². The number of rotatable bonds is 5. The minimum Gasteiger partial charge on any atom is -0.393 e. The summed E-state index contributed by atoms with van der Waals surface area (Å²) in [6.07, 6.45) is 6.09. The summed E-state index contributed by atoms with van der Waals surface area (Å²) in [6.45, 7) is 3.78. The van der Waals surface area contributed by atoms with Gasteiger partial charge in [-0.3, -0.25) is 4.99 Å². The fourth-order valence-electron chi connectivity index (χ4n) is 3.52. The van der Waals surface area contributed by atoms with Crippen molar-refractivity contribution in [2.45, 2.75) is 63.0 Å². The highest BCUT2D eigenvalue weighted by molar-refractivity contribution is 14.0. The van der Waals surface area contributed by atoms with Crippen LogP contribution in [-0.2, 0) is 5.41 Å². The summed E-state index contributed by atoms with van der Waals surface area (Å²) in [5, 5.41) is 16.6. The van der Waals surface area contributed by atoms with Crippen LogP contribution in [-0.4, -0.2) is 36.3 Å². The van der Waals surface area contributed by atoms with E-state index in [1.807, 2.05) is 0 Å². The van der Waals surface area contributed by atoms with Crippen molar-refractivity contribution < 1.29 is 5.11 Å². The Hall–Kier alpha value is -0.340. The molecule has 4 nitrogen and oxygen atoms in total. The van der Waals surface area contributed by atoms with Crippen LogP contribution in [0.3, 0.4) is 0 Å². The van der Waals surface area contributed by atoms with Crippen LogP contribution >= 0.6 is 39.9 Å². The molecule has 0 spiro atoms. The maximum atomic E-state index is 9.66. The number of aliphatic hydroxyl groups is 1. The Morgan fingerprint density at radius 1 is 1.24 bits per heavy atom. The second-order valence-electron chi connectivity index (χ2n) is 7.11. The van der Waals surface area contributed by atoms with E-state index in [1.54, 1.807) is 0 Å². The van der Waals surface area contributed by atoms with Crippen molar-refractivity contribution in [2.75, 3.05) is 13.1 Å². The molecule has 2 aliphatic rings. The third-order valence-electron chi connectivity index (χ3n) is 5.22. The number of halogens is 2. The first-order valence-electron chi connectivity index (χ1n) is 9.11. The maximum absolute atomic E-state index is 9.66. The van der Waals surface area contributed by atoms with Gasteiger partial charge in [-0.05, 0) is 57.1 Å². The highest BCUT2D eigenvalue weighted by Crippen LogP contribution is 2.50. The Bertz CT molecular complexity index is 584. The Balaban J connectivity index is 0.00000225. The number of aliphatic hydroxyl groups excluding tert-OH is 1. The summed E-state index contributed by atoms with van der Waals surface area (Å²) in [7, 11) is 0. The molecule has 3 N–H and O–H groups in total. The summed E-state index contributed by atoms with van der Waals surface area (Å²) >= 11 is 3.69. The fraction of sp³-hybridized carbons (Fsp3) is 0.632. The molecule has 6 heteroatoms. The molecule has 0 bridgehead atoms. The monoisotopic (exact) mass is 521 g/mol. The molecule has 3 rings (SSSR count). The number of aliphatic imine (C=N–C) groups is 1. The van der Waals surface area contributed by atoms with E-state index in [0.717, 1.165) is 44.7 Å². The van der Waals surface area contributed by atoms with E-state index in [0.29, 0.717) is 6.04 Å². The van der Waals surface area contributed by atoms with E-state index in [-0.39, 0.29) is 35.5 Å². The standard InChI is InChI=1S/C19H28BrN3O.HI/c1-2-21-18(23-14-7-9-15(24)10-8-14)22-13-19(11-12-19)16-5-3-4-6-17(16)20;/h3-6,14-15,24H,2,7-13H2,1H3,(H2,21,22,23);1H. The first kappa shape index (κ1) is 21.0.